The molecule has 0 saturated carbocycles. The average molecular weight is 492 g/mol. The third-order valence-corrected chi connectivity index (χ3v) is 8.15. The molecule has 8 nitrogen and oxygen atoms in total. The molecule has 1 N–H and O–H groups in total. The Morgan fingerprint density at radius 3 is 2.44 bits per heavy atom. The van der Waals surface area contributed by atoms with Gasteiger partial charge in [0.2, 0.25) is 5.95 Å². The molecule has 1 aliphatic rings. The quantitative estimate of drug-likeness (QED) is 0.428. The van der Waals surface area contributed by atoms with Crippen molar-refractivity contribution in [3.05, 3.63) is 41.9 Å². The number of nitrogens with zero attached hydrogens (tertiary/aromatic N) is 6. The molecule has 3 aromatic heterocycles. The first-order valence-electron chi connectivity index (χ1n) is 13.2. The minimum Gasteiger partial charge on any atom is -0.343 e. The van der Waals surface area contributed by atoms with Crippen LogP contribution in [0.5, 0.6) is 0 Å². The zero-order chi connectivity index (χ0) is 26.0. The van der Waals surface area contributed by atoms with Crippen molar-refractivity contribution in [2.75, 3.05) is 32.5 Å². The lowest BCUT2D eigenvalue weighted by Gasteiger charge is -2.41. The Balaban J connectivity index is 1.52. The third kappa shape index (κ3) is 5.24. The fourth-order valence-electron chi connectivity index (χ4n) is 4.95. The van der Waals surface area contributed by atoms with E-state index in [1.807, 2.05) is 22.9 Å². The number of carbonyl (C=O) groups is 1. The molecule has 0 spiro atoms. The molecule has 36 heavy (non-hydrogen) atoms. The highest BCUT2D eigenvalue weighted by Gasteiger charge is 2.30. The minimum atomic E-state index is -0.0396. The fourth-order valence-corrected chi connectivity index (χ4v) is 4.95. The van der Waals surface area contributed by atoms with E-state index in [0.29, 0.717) is 28.9 Å². The lowest BCUT2D eigenvalue weighted by molar-refractivity contribution is 0.0815. The van der Waals surface area contributed by atoms with Gasteiger partial charge >= 0.3 is 0 Å². The van der Waals surface area contributed by atoms with E-state index in [1.54, 1.807) is 25.2 Å². The number of aromatic nitrogens is 4. The molecular formula is C28H41N7O. The predicted molar refractivity (Wildman–Crippen MR) is 146 cm³/mol. The summed E-state index contributed by atoms with van der Waals surface area (Å²) in [4.78, 5) is 30.9. The normalized spacial score (nSPS) is 17.6. The Labute approximate surface area is 215 Å². The second-order valence-corrected chi connectivity index (χ2v) is 10.8. The summed E-state index contributed by atoms with van der Waals surface area (Å²) < 4.78 is 2.02. The van der Waals surface area contributed by atoms with E-state index >= 15 is 0 Å². The number of nitrogens with one attached hydrogen (secondary N) is 1. The van der Waals surface area contributed by atoms with Gasteiger partial charge in [0, 0.05) is 44.0 Å². The fraction of sp³-hybridized carbons (Fsp3) is 0.571. The summed E-state index contributed by atoms with van der Waals surface area (Å²) in [6.45, 7) is 13.5. The summed E-state index contributed by atoms with van der Waals surface area (Å²) in [5.74, 6) is 1.13. The maximum absolute atomic E-state index is 12.8. The van der Waals surface area contributed by atoms with Crippen LogP contribution in [0.3, 0.4) is 0 Å². The first-order valence-corrected chi connectivity index (χ1v) is 13.2. The molecule has 1 fully saturated rings. The van der Waals surface area contributed by atoms with Gasteiger partial charge in [0.05, 0.1) is 0 Å². The maximum atomic E-state index is 12.8. The first-order chi connectivity index (χ1) is 17.2. The van der Waals surface area contributed by atoms with E-state index in [-0.39, 0.29) is 11.9 Å². The number of rotatable bonds is 8. The highest BCUT2D eigenvalue weighted by molar-refractivity contribution is 5.97. The zero-order valence-electron chi connectivity index (χ0n) is 22.9. The van der Waals surface area contributed by atoms with Crippen LogP contribution in [0.25, 0.3) is 11.0 Å². The van der Waals surface area contributed by atoms with E-state index in [1.165, 1.54) is 24.8 Å². The van der Waals surface area contributed by atoms with Gasteiger partial charge in [-0.15, -0.1) is 0 Å². The summed E-state index contributed by atoms with van der Waals surface area (Å²) in [5, 5.41) is 4.10. The van der Waals surface area contributed by atoms with Gasteiger partial charge < -0.3 is 14.8 Å². The number of anilines is 2. The zero-order valence-corrected chi connectivity index (χ0v) is 22.9. The van der Waals surface area contributed by atoms with E-state index in [9.17, 15) is 4.79 Å². The number of hydrogen-bond donors (Lipinski definition) is 1. The van der Waals surface area contributed by atoms with Crippen LogP contribution in [0.1, 0.15) is 88.4 Å². The van der Waals surface area contributed by atoms with Gasteiger partial charge in [0.15, 0.2) is 0 Å². The van der Waals surface area contributed by atoms with Gasteiger partial charge in [-0.1, -0.05) is 33.3 Å². The molecule has 0 aromatic carbocycles. The summed E-state index contributed by atoms with van der Waals surface area (Å²) in [5.41, 5.74) is 3.08. The number of piperidine rings is 1. The Bertz CT molecular complexity index is 1190. The Morgan fingerprint density at radius 2 is 1.86 bits per heavy atom. The van der Waals surface area contributed by atoms with E-state index in [0.717, 1.165) is 30.5 Å². The van der Waals surface area contributed by atoms with Crippen molar-refractivity contribution in [3.8, 4) is 0 Å². The molecule has 0 radical (unpaired) electrons. The number of hydrogen-bond acceptors (Lipinski definition) is 6. The van der Waals surface area contributed by atoms with E-state index in [4.69, 9.17) is 4.98 Å². The van der Waals surface area contributed by atoms with Crippen molar-refractivity contribution >= 4 is 28.7 Å². The van der Waals surface area contributed by atoms with Crippen LogP contribution in [0, 0.1) is 5.41 Å². The third-order valence-electron chi connectivity index (χ3n) is 8.15. The van der Waals surface area contributed by atoms with Crippen LogP contribution in [0.4, 0.5) is 11.8 Å². The lowest BCUT2D eigenvalue weighted by atomic mass is 9.78. The molecule has 4 rings (SSSR count). The van der Waals surface area contributed by atoms with Crippen LogP contribution in [0.2, 0.25) is 0 Å². The van der Waals surface area contributed by atoms with Crippen LogP contribution in [-0.4, -0.2) is 62.4 Å². The molecule has 2 atom stereocenters. The average Bonchev–Trinajstić information content (AvgIpc) is 3.27. The van der Waals surface area contributed by atoms with Gasteiger partial charge in [0.25, 0.3) is 5.91 Å². The second kappa shape index (κ2) is 10.5. The first kappa shape index (κ1) is 26.1. The number of amides is 1. The lowest BCUT2D eigenvalue weighted by Crippen LogP contribution is -2.39. The van der Waals surface area contributed by atoms with Crippen LogP contribution >= 0.6 is 0 Å². The number of carbonyl (C=O) groups excluding carboxylic acids is 1. The molecule has 1 saturated heterocycles. The van der Waals surface area contributed by atoms with Crippen molar-refractivity contribution in [1.82, 2.24) is 29.3 Å². The highest BCUT2D eigenvalue weighted by Crippen LogP contribution is 2.36. The molecule has 4 heterocycles. The van der Waals surface area contributed by atoms with Gasteiger partial charge in [-0.05, 0) is 69.3 Å². The molecule has 8 heteroatoms. The monoisotopic (exact) mass is 491 g/mol. The van der Waals surface area contributed by atoms with Gasteiger partial charge in [0.1, 0.15) is 17.2 Å². The molecule has 2 unspecified atom stereocenters. The van der Waals surface area contributed by atoms with Crippen molar-refractivity contribution in [2.24, 2.45) is 5.41 Å². The predicted octanol–water partition coefficient (Wildman–Crippen LogP) is 5.82. The Kier molecular flexibility index (Phi) is 7.64. The summed E-state index contributed by atoms with van der Waals surface area (Å²) in [6, 6.07) is 6.49. The SMILES string of the molecule is CCC(C)n1c(C(=O)N(C)C)cc2cnc(Nc3ccc(C(C)N4CCC(C)(CC)CC4)cn3)nc21. The van der Waals surface area contributed by atoms with Gasteiger partial charge in [-0.3, -0.25) is 9.69 Å². The van der Waals surface area contributed by atoms with Crippen molar-refractivity contribution in [2.45, 2.75) is 72.4 Å². The Hall–Kier alpha value is -3.00. The van der Waals surface area contributed by atoms with Gasteiger partial charge in [-0.25, -0.2) is 9.97 Å². The smallest absolute Gasteiger partial charge is 0.270 e. The summed E-state index contributed by atoms with van der Waals surface area (Å²) >= 11 is 0. The largest absolute Gasteiger partial charge is 0.343 e. The Morgan fingerprint density at radius 1 is 1.14 bits per heavy atom. The number of fused-ring (bicyclic) bond motifs is 1. The standard InChI is InChI=1S/C28H41N7O/c1-8-19(3)35-23(26(36)33(6)7)16-22-18-30-27(32-25(22)35)31-24-11-10-21(17-29-24)20(4)34-14-12-28(5,9-2)13-15-34/h10-11,16-20H,8-9,12-15H2,1-7H3,(H,29,30,31,32). The number of pyridine rings is 1. The van der Waals surface area contributed by atoms with Crippen LogP contribution in [0.15, 0.2) is 30.6 Å². The summed E-state index contributed by atoms with van der Waals surface area (Å²) in [7, 11) is 3.53. The molecule has 1 amide bonds. The molecule has 3 aromatic rings. The van der Waals surface area contributed by atoms with Crippen molar-refractivity contribution in [1.29, 1.82) is 0 Å². The molecule has 0 bridgehead atoms. The summed E-state index contributed by atoms with van der Waals surface area (Å²) in [6.07, 6.45) is 8.37. The van der Waals surface area contributed by atoms with Crippen LogP contribution in [-0.2, 0) is 0 Å². The molecular weight excluding hydrogens is 450 g/mol. The maximum Gasteiger partial charge on any atom is 0.270 e. The van der Waals surface area contributed by atoms with Gasteiger partial charge in [-0.2, -0.15) is 4.98 Å². The number of likely N-dealkylation sites (tertiary alicyclic amines) is 1. The van der Waals surface area contributed by atoms with Crippen molar-refractivity contribution in [3.63, 3.8) is 0 Å². The molecule has 194 valence electrons. The molecule has 0 aliphatic carbocycles. The molecule has 1 aliphatic heterocycles. The van der Waals surface area contributed by atoms with Crippen molar-refractivity contribution < 1.29 is 4.79 Å². The highest BCUT2D eigenvalue weighted by atomic mass is 16.2. The minimum absolute atomic E-state index is 0.0396. The van der Waals surface area contributed by atoms with E-state index < -0.39 is 0 Å². The van der Waals surface area contributed by atoms with E-state index in [2.05, 4.69) is 60.9 Å². The topological polar surface area (TPSA) is 79.2 Å². The second-order valence-electron chi connectivity index (χ2n) is 10.8. The van der Waals surface area contributed by atoms with Crippen LogP contribution < -0.4 is 5.32 Å².